The molecule has 1 atom stereocenters. The molecular formula is C17H20N4O3. The Morgan fingerprint density at radius 1 is 1.25 bits per heavy atom. The number of carbonyl (C=O) groups excluding carboxylic acids is 2. The molecule has 2 heterocycles. The van der Waals surface area contributed by atoms with Crippen molar-refractivity contribution in [2.75, 3.05) is 16.8 Å². The van der Waals surface area contributed by atoms with Gasteiger partial charge in [-0.3, -0.25) is 14.3 Å². The lowest BCUT2D eigenvalue weighted by Crippen LogP contribution is -2.60. The second-order valence-electron chi connectivity index (χ2n) is 5.66. The topological polar surface area (TPSA) is 76.5 Å². The van der Waals surface area contributed by atoms with Crippen molar-refractivity contribution in [1.82, 2.24) is 9.78 Å². The van der Waals surface area contributed by atoms with Crippen LogP contribution in [0.25, 0.3) is 0 Å². The van der Waals surface area contributed by atoms with E-state index in [1.54, 1.807) is 34.0 Å². The van der Waals surface area contributed by atoms with Crippen molar-refractivity contribution in [1.29, 1.82) is 0 Å². The molecule has 2 aromatic rings. The zero-order chi connectivity index (χ0) is 17.3. The van der Waals surface area contributed by atoms with Crippen LogP contribution in [-0.4, -0.2) is 33.7 Å². The third-order valence-corrected chi connectivity index (χ3v) is 4.08. The minimum Gasteiger partial charge on any atom is -0.465 e. The number of anilines is 2. The second-order valence-corrected chi connectivity index (χ2v) is 5.66. The summed E-state index contributed by atoms with van der Waals surface area (Å²) in [5.41, 5.74) is -0.967. The van der Waals surface area contributed by atoms with Crippen LogP contribution in [0.5, 0.6) is 5.75 Å². The molecule has 0 saturated carbocycles. The molecule has 7 nitrogen and oxygen atoms in total. The first-order valence-corrected chi connectivity index (χ1v) is 7.94. The molecule has 7 heteroatoms. The van der Waals surface area contributed by atoms with Crippen LogP contribution < -0.4 is 15.0 Å². The summed E-state index contributed by atoms with van der Waals surface area (Å²) in [5.74, 6) is -0.0324. The maximum atomic E-state index is 12.8. The molecule has 1 aromatic carbocycles. The zero-order valence-electron chi connectivity index (χ0n) is 13.9. The average molecular weight is 328 g/mol. The number of benzene rings is 1. The van der Waals surface area contributed by atoms with Gasteiger partial charge in [-0.05, 0) is 32.9 Å². The predicted molar refractivity (Wildman–Crippen MR) is 90.0 cm³/mol. The van der Waals surface area contributed by atoms with Crippen molar-refractivity contribution in [2.24, 2.45) is 0 Å². The molecule has 0 bridgehead atoms. The Bertz CT molecular complexity index is 786. The van der Waals surface area contributed by atoms with E-state index in [-0.39, 0.29) is 0 Å². The van der Waals surface area contributed by atoms with Crippen molar-refractivity contribution in [3.05, 3.63) is 36.5 Å². The average Bonchev–Trinajstić information content (AvgIpc) is 3.03. The summed E-state index contributed by atoms with van der Waals surface area (Å²) >= 11 is 0. The summed E-state index contributed by atoms with van der Waals surface area (Å²) in [4.78, 5) is 27.1. The van der Waals surface area contributed by atoms with Gasteiger partial charge in [-0.2, -0.15) is 5.10 Å². The number of nitrogens with zero attached hydrogens (tertiary/aromatic N) is 3. The molecule has 24 heavy (non-hydrogen) atoms. The number of hydrogen-bond donors (Lipinski definition) is 1. The normalized spacial score (nSPS) is 19.6. The molecule has 1 N–H and O–H groups in total. The van der Waals surface area contributed by atoms with E-state index in [0.717, 1.165) is 0 Å². The first-order chi connectivity index (χ1) is 11.5. The number of nitrogens with one attached hydrogen (secondary N) is 1. The summed E-state index contributed by atoms with van der Waals surface area (Å²) in [6.07, 6.45) is 1.76. The Morgan fingerprint density at radius 3 is 2.67 bits per heavy atom. The number of carbonyl (C=O) groups is 2. The fraction of sp³-hybridized carbons (Fsp3) is 0.353. The smallest absolute Gasteiger partial charge is 0.280 e. The number of ether oxygens (including phenoxy) is 1. The quantitative estimate of drug-likeness (QED) is 0.872. The minimum atomic E-state index is -1.64. The highest BCUT2D eigenvalue weighted by atomic mass is 16.5. The van der Waals surface area contributed by atoms with Crippen molar-refractivity contribution < 1.29 is 14.3 Å². The van der Waals surface area contributed by atoms with Gasteiger partial charge in [0, 0.05) is 25.4 Å². The molecule has 0 spiro atoms. The third-order valence-electron chi connectivity index (χ3n) is 4.08. The van der Waals surface area contributed by atoms with Crippen LogP contribution in [0, 0.1) is 0 Å². The third kappa shape index (κ3) is 2.51. The highest BCUT2D eigenvalue weighted by Gasteiger charge is 2.50. The van der Waals surface area contributed by atoms with Gasteiger partial charge in [-0.1, -0.05) is 12.1 Å². The molecular weight excluding hydrogens is 308 g/mol. The maximum Gasteiger partial charge on any atom is 0.280 e. The Morgan fingerprint density at radius 2 is 2.00 bits per heavy atom. The molecule has 0 saturated heterocycles. The highest BCUT2D eigenvalue weighted by molar-refractivity contribution is 6.19. The summed E-state index contributed by atoms with van der Waals surface area (Å²) in [6.45, 7) is 6.44. The van der Waals surface area contributed by atoms with Crippen LogP contribution in [0.3, 0.4) is 0 Å². The van der Waals surface area contributed by atoms with Gasteiger partial charge in [0.2, 0.25) is 0 Å². The molecule has 0 aliphatic carbocycles. The van der Waals surface area contributed by atoms with E-state index in [9.17, 15) is 9.59 Å². The van der Waals surface area contributed by atoms with E-state index in [1.165, 1.54) is 6.92 Å². The lowest BCUT2D eigenvalue weighted by molar-refractivity contribution is -0.145. The van der Waals surface area contributed by atoms with Gasteiger partial charge in [0.15, 0.2) is 5.82 Å². The van der Waals surface area contributed by atoms with Crippen molar-refractivity contribution in [3.8, 4) is 5.75 Å². The second kappa shape index (κ2) is 5.99. The van der Waals surface area contributed by atoms with Crippen LogP contribution in [0.4, 0.5) is 11.5 Å². The lowest BCUT2D eigenvalue weighted by Gasteiger charge is -2.38. The van der Waals surface area contributed by atoms with Crippen LogP contribution in [0.2, 0.25) is 0 Å². The van der Waals surface area contributed by atoms with Crippen LogP contribution >= 0.6 is 0 Å². The molecule has 0 radical (unpaired) electrons. The van der Waals surface area contributed by atoms with E-state index >= 15 is 0 Å². The standard InChI is InChI=1S/C17H20N4O3/c1-4-20-11-10-14(19-20)18-15(22)17(3)16(23)21(5-2)12-8-6-7-9-13(12)24-17/h6-11H,4-5H2,1-3H3,(H,18,19,22). The van der Waals surface area contributed by atoms with Crippen molar-refractivity contribution in [2.45, 2.75) is 32.9 Å². The van der Waals surface area contributed by atoms with Gasteiger partial charge in [0.25, 0.3) is 17.4 Å². The largest absolute Gasteiger partial charge is 0.465 e. The van der Waals surface area contributed by atoms with Crippen molar-refractivity contribution in [3.63, 3.8) is 0 Å². The van der Waals surface area contributed by atoms with E-state index in [0.29, 0.717) is 30.3 Å². The van der Waals surface area contributed by atoms with Gasteiger partial charge in [0.05, 0.1) is 5.69 Å². The van der Waals surface area contributed by atoms with Gasteiger partial charge < -0.3 is 15.0 Å². The maximum absolute atomic E-state index is 12.8. The number of aromatic nitrogens is 2. The summed E-state index contributed by atoms with van der Waals surface area (Å²) < 4.78 is 7.48. The van der Waals surface area contributed by atoms with E-state index in [4.69, 9.17) is 4.74 Å². The van der Waals surface area contributed by atoms with Gasteiger partial charge in [-0.25, -0.2) is 0 Å². The molecule has 1 unspecified atom stereocenters. The monoisotopic (exact) mass is 328 g/mol. The minimum absolute atomic E-state index is 0.390. The predicted octanol–water partition coefficient (Wildman–Crippen LogP) is 2.05. The first-order valence-electron chi connectivity index (χ1n) is 7.94. The van der Waals surface area contributed by atoms with E-state index in [2.05, 4.69) is 10.4 Å². The number of fused-ring (bicyclic) bond motifs is 1. The molecule has 3 rings (SSSR count). The van der Waals surface area contributed by atoms with E-state index < -0.39 is 17.4 Å². The lowest BCUT2D eigenvalue weighted by atomic mass is 10.00. The fourth-order valence-electron chi connectivity index (χ4n) is 2.69. The summed E-state index contributed by atoms with van der Waals surface area (Å²) in [6, 6.07) is 8.88. The van der Waals surface area contributed by atoms with Crippen LogP contribution in [0.1, 0.15) is 20.8 Å². The Labute approximate surface area is 140 Å². The number of rotatable bonds is 4. The van der Waals surface area contributed by atoms with Crippen LogP contribution in [-0.2, 0) is 16.1 Å². The molecule has 1 aliphatic heterocycles. The summed E-state index contributed by atoms with van der Waals surface area (Å²) in [7, 11) is 0. The van der Waals surface area contributed by atoms with Gasteiger partial charge in [0.1, 0.15) is 5.75 Å². The number of para-hydroxylation sites is 2. The number of hydrogen-bond acceptors (Lipinski definition) is 4. The molecule has 1 aromatic heterocycles. The first kappa shape index (κ1) is 16.0. The van der Waals surface area contributed by atoms with Crippen molar-refractivity contribution >= 4 is 23.3 Å². The molecule has 0 fully saturated rings. The zero-order valence-corrected chi connectivity index (χ0v) is 13.9. The molecule has 2 amide bonds. The van der Waals surface area contributed by atoms with Gasteiger partial charge >= 0.3 is 0 Å². The highest BCUT2D eigenvalue weighted by Crippen LogP contribution is 2.37. The van der Waals surface area contributed by atoms with Crippen LogP contribution in [0.15, 0.2) is 36.5 Å². The number of likely N-dealkylation sites (N-methyl/N-ethyl adjacent to an activating group) is 1. The Balaban J connectivity index is 1.91. The Kier molecular flexibility index (Phi) is 4.01. The van der Waals surface area contributed by atoms with E-state index in [1.807, 2.05) is 26.0 Å². The fourth-order valence-corrected chi connectivity index (χ4v) is 2.69. The number of aryl methyl sites for hydroxylation is 1. The molecule has 126 valence electrons. The Hall–Kier alpha value is -2.83. The summed E-state index contributed by atoms with van der Waals surface area (Å²) in [5, 5.41) is 6.88. The van der Waals surface area contributed by atoms with Gasteiger partial charge in [-0.15, -0.1) is 0 Å². The SMILES string of the molecule is CCN1C(=O)C(C)(C(=O)Nc2ccn(CC)n2)Oc2ccccc21. The number of amides is 2. The molecule has 1 aliphatic rings.